The van der Waals surface area contributed by atoms with E-state index in [1.807, 2.05) is 6.33 Å². The molecule has 5 nitrogen and oxygen atoms in total. The summed E-state index contributed by atoms with van der Waals surface area (Å²) in [6.45, 7) is 0.292. The first kappa shape index (κ1) is 11.6. The first-order valence-corrected chi connectivity index (χ1v) is 7.11. The van der Waals surface area contributed by atoms with Crippen molar-refractivity contribution in [3.63, 3.8) is 0 Å². The molecule has 100 valence electrons. The molecule has 4 unspecified atom stereocenters. The summed E-state index contributed by atoms with van der Waals surface area (Å²) in [5, 5.41) is 9.90. The maximum Gasteiger partial charge on any atom is 0.165 e. The van der Waals surface area contributed by atoms with Crippen molar-refractivity contribution >= 4 is 22.8 Å². The fraction of sp³-hybridized carbons (Fsp3) is 0.615. The molecule has 19 heavy (non-hydrogen) atoms. The summed E-state index contributed by atoms with van der Waals surface area (Å²) in [5.74, 6) is 1.60. The molecule has 4 atom stereocenters. The molecule has 2 aliphatic rings. The second-order valence-electron chi connectivity index (χ2n) is 5.66. The van der Waals surface area contributed by atoms with Crippen LogP contribution in [0.2, 0.25) is 5.15 Å². The molecule has 0 radical (unpaired) electrons. The summed E-state index contributed by atoms with van der Waals surface area (Å²) >= 11 is 6.05. The molecule has 2 fully saturated rings. The molecule has 2 saturated carbocycles. The minimum absolute atomic E-state index is 0.292. The van der Waals surface area contributed by atoms with Crippen LogP contribution in [-0.2, 0) is 0 Å². The minimum atomic E-state index is 0.292. The van der Waals surface area contributed by atoms with Crippen molar-refractivity contribution in [2.45, 2.75) is 25.3 Å². The van der Waals surface area contributed by atoms with Crippen molar-refractivity contribution in [1.82, 2.24) is 19.5 Å². The fourth-order valence-corrected chi connectivity index (χ4v) is 4.29. The Balaban J connectivity index is 1.82. The molecule has 0 spiro atoms. The van der Waals surface area contributed by atoms with Crippen LogP contribution in [0.1, 0.15) is 25.3 Å². The third-order valence-corrected chi connectivity index (χ3v) is 5.15. The minimum Gasteiger partial charge on any atom is -0.396 e. The van der Waals surface area contributed by atoms with Gasteiger partial charge in [-0.3, -0.25) is 0 Å². The molecule has 1 N–H and O–H groups in total. The van der Waals surface area contributed by atoms with Gasteiger partial charge in [-0.2, -0.15) is 0 Å². The zero-order chi connectivity index (χ0) is 13.0. The molecular formula is C13H15ClN4O. The van der Waals surface area contributed by atoms with Gasteiger partial charge >= 0.3 is 0 Å². The Morgan fingerprint density at radius 3 is 3.00 bits per heavy atom. The Morgan fingerprint density at radius 1 is 1.32 bits per heavy atom. The average molecular weight is 279 g/mol. The standard InChI is InChI=1S/C13H15ClN4O/c14-12-10-13(16-5-15-12)18(6-17-10)11-7-1-2-9(11)8(3-7)4-19/h5-9,11,19H,1-4H2. The molecule has 6 heteroatoms. The fourth-order valence-electron chi connectivity index (χ4n) is 4.12. The Labute approximate surface area is 115 Å². The number of nitrogens with zero attached hydrogens (tertiary/aromatic N) is 4. The molecule has 2 aromatic heterocycles. The second kappa shape index (κ2) is 4.15. The van der Waals surface area contributed by atoms with E-state index in [1.54, 1.807) is 0 Å². The molecule has 2 aliphatic carbocycles. The van der Waals surface area contributed by atoms with Gasteiger partial charge in [-0.05, 0) is 37.0 Å². The van der Waals surface area contributed by atoms with E-state index in [9.17, 15) is 5.11 Å². The third kappa shape index (κ3) is 1.55. The molecule has 0 amide bonds. The number of rotatable bonds is 2. The van der Waals surface area contributed by atoms with Gasteiger partial charge in [-0.1, -0.05) is 11.6 Å². The Morgan fingerprint density at radius 2 is 2.21 bits per heavy atom. The number of hydrogen-bond acceptors (Lipinski definition) is 4. The van der Waals surface area contributed by atoms with Crippen LogP contribution in [-0.4, -0.2) is 31.2 Å². The summed E-state index contributed by atoms with van der Waals surface area (Å²) in [5.41, 5.74) is 1.50. The molecule has 0 aromatic carbocycles. The first-order valence-electron chi connectivity index (χ1n) is 6.73. The van der Waals surface area contributed by atoms with Crippen LogP contribution in [0.25, 0.3) is 11.2 Å². The van der Waals surface area contributed by atoms with Gasteiger partial charge in [0.25, 0.3) is 0 Å². The molecule has 2 heterocycles. The smallest absolute Gasteiger partial charge is 0.165 e. The van der Waals surface area contributed by atoms with Crippen molar-refractivity contribution in [3.8, 4) is 0 Å². The highest BCUT2D eigenvalue weighted by Crippen LogP contribution is 2.55. The van der Waals surface area contributed by atoms with E-state index in [2.05, 4.69) is 19.5 Å². The van der Waals surface area contributed by atoms with Gasteiger partial charge in [0, 0.05) is 12.6 Å². The summed E-state index contributed by atoms with van der Waals surface area (Å²) in [6.07, 6.45) is 6.87. The Kier molecular flexibility index (Phi) is 2.53. The summed E-state index contributed by atoms with van der Waals surface area (Å²) in [4.78, 5) is 12.7. The number of imidazole rings is 1. The lowest BCUT2D eigenvalue weighted by Crippen LogP contribution is -2.18. The van der Waals surface area contributed by atoms with Gasteiger partial charge in [-0.15, -0.1) is 0 Å². The van der Waals surface area contributed by atoms with E-state index in [0.29, 0.717) is 41.1 Å². The third-order valence-electron chi connectivity index (χ3n) is 4.87. The number of aromatic nitrogens is 4. The molecule has 2 aromatic rings. The highest BCUT2D eigenvalue weighted by Gasteiger charge is 2.48. The highest BCUT2D eigenvalue weighted by molar-refractivity contribution is 6.33. The zero-order valence-corrected chi connectivity index (χ0v) is 11.2. The van der Waals surface area contributed by atoms with Gasteiger partial charge in [0.15, 0.2) is 10.8 Å². The normalized spacial score (nSPS) is 33.4. The summed E-state index contributed by atoms with van der Waals surface area (Å²) in [7, 11) is 0. The zero-order valence-electron chi connectivity index (χ0n) is 10.4. The van der Waals surface area contributed by atoms with Crippen molar-refractivity contribution in [3.05, 3.63) is 17.8 Å². The lowest BCUT2D eigenvalue weighted by molar-refractivity contribution is 0.172. The SMILES string of the molecule is OCC1CC2CCC1C2n1cnc2c(Cl)ncnc21. The summed E-state index contributed by atoms with van der Waals surface area (Å²) in [6, 6.07) is 0.410. The molecule has 4 rings (SSSR count). The number of hydrogen-bond donors (Lipinski definition) is 1. The lowest BCUT2D eigenvalue weighted by Gasteiger charge is -2.20. The number of fused-ring (bicyclic) bond motifs is 3. The highest BCUT2D eigenvalue weighted by atomic mass is 35.5. The Bertz CT molecular complexity index is 628. The molecule has 2 bridgehead atoms. The lowest BCUT2D eigenvalue weighted by atomic mass is 9.89. The molecule has 0 saturated heterocycles. The maximum absolute atomic E-state index is 9.49. The predicted octanol–water partition coefficient (Wildman–Crippen LogP) is 2.06. The van der Waals surface area contributed by atoms with Crippen molar-refractivity contribution in [2.75, 3.05) is 6.61 Å². The summed E-state index contributed by atoms with van der Waals surface area (Å²) < 4.78 is 2.15. The van der Waals surface area contributed by atoms with Gasteiger partial charge < -0.3 is 9.67 Å². The van der Waals surface area contributed by atoms with E-state index >= 15 is 0 Å². The number of aliphatic hydroxyl groups is 1. The second-order valence-corrected chi connectivity index (χ2v) is 6.02. The van der Waals surface area contributed by atoms with Gasteiger partial charge in [0.1, 0.15) is 11.8 Å². The van der Waals surface area contributed by atoms with Crippen LogP contribution in [0, 0.1) is 17.8 Å². The largest absolute Gasteiger partial charge is 0.396 e. The van der Waals surface area contributed by atoms with Gasteiger partial charge in [0.2, 0.25) is 0 Å². The number of aliphatic hydroxyl groups excluding tert-OH is 1. The van der Waals surface area contributed by atoms with Crippen LogP contribution in [0.3, 0.4) is 0 Å². The van der Waals surface area contributed by atoms with Gasteiger partial charge in [-0.25, -0.2) is 15.0 Å². The molecular weight excluding hydrogens is 264 g/mol. The Hall–Kier alpha value is -1.20. The predicted molar refractivity (Wildman–Crippen MR) is 70.8 cm³/mol. The van der Waals surface area contributed by atoms with Crippen molar-refractivity contribution < 1.29 is 5.11 Å². The quantitative estimate of drug-likeness (QED) is 0.854. The number of halogens is 1. The van der Waals surface area contributed by atoms with E-state index in [0.717, 1.165) is 12.1 Å². The van der Waals surface area contributed by atoms with E-state index in [4.69, 9.17) is 11.6 Å². The first-order chi connectivity index (χ1) is 9.29. The van der Waals surface area contributed by atoms with Gasteiger partial charge in [0.05, 0.1) is 6.33 Å². The monoisotopic (exact) mass is 278 g/mol. The van der Waals surface area contributed by atoms with Crippen LogP contribution in [0.4, 0.5) is 0 Å². The van der Waals surface area contributed by atoms with Crippen molar-refractivity contribution in [2.24, 2.45) is 17.8 Å². The average Bonchev–Trinajstić information content (AvgIpc) is 3.09. The maximum atomic E-state index is 9.49. The topological polar surface area (TPSA) is 63.8 Å². The van der Waals surface area contributed by atoms with Crippen molar-refractivity contribution in [1.29, 1.82) is 0 Å². The van der Waals surface area contributed by atoms with E-state index in [-0.39, 0.29) is 0 Å². The van der Waals surface area contributed by atoms with E-state index < -0.39 is 0 Å². The van der Waals surface area contributed by atoms with Crippen LogP contribution < -0.4 is 0 Å². The van der Waals surface area contributed by atoms with E-state index in [1.165, 1.54) is 19.2 Å². The van der Waals surface area contributed by atoms with Crippen LogP contribution in [0.15, 0.2) is 12.7 Å². The molecule has 0 aliphatic heterocycles. The van der Waals surface area contributed by atoms with Crippen LogP contribution in [0.5, 0.6) is 0 Å². The van der Waals surface area contributed by atoms with Crippen LogP contribution >= 0.6 is 11.6 Å².